The molecule has 1 saturated heterocycles. The summed E-state index contributed by atoms with van der Waals surface area (Å²) in [6.45, 7) is 2.10. The van der Waals surface area contributed by atoms with Crippen molar-refractivity contribution < 1.29 is 8.42 Å². The molecule has 3 rings (SSSR count). The van der Waals surface area contributed by atoms with Crippen LogP contribution in [-0.4, -0.2) is 27.5 Å². The highest BCUT2D eigenvalue weighted by molar-refractivity contribution is 7.89. The summed E-state index contributed by atoms with van der Waals surface area (Å²) >= 11 is 0. The van der Waals surface area contributed by atoms with Crippen molar-refractivity contribution in [2.75, 3.05) is 13.1 Å². The average molecular weight is 351 g/mol. The number of hydrogen-bond acceptors (Lipinski definition) is 3. The molecule has 0 atom stereocenters. The van der Waals surface area contributed by atoms with Gasteiger partial charge in [-0.3, -0.25) is 0 Å². The van der Waals surface area contributed by atoms with E-state index in [1.807, 2.05) is 12.1 Å². The second-order valence-electron chi connectivity index (χ2n) is 7.26. The Morgan fingerprint density at radius 3 is 2.04 bits per heavy atom. The maximum Gasteiger partial charge on any atom is 0.240 e. The van der Waals surface area contributed by atoms with Gasteiger partial charge in [-0.2, -0.15) is 0 Å². The average Bonchev–Trinajstić information content (AvgIpc) is 2.58. The van der Waals surface area contributed by atoms with Gasteiger partial charge in [0.15, 0.2) is 0 Å². The van der Waals surface area contributed by atoms with E-state index in [2.05, 4.69) is 10.0 Å². The fourth-order valence-corrected chi connectivity index (χ4v) is 5.24. The van der Waals surface area contributed by atoms with Crippen molar-refractivity contribution >= 4 is 10.0 Å². The highest BCUT2D eigenvalue weighted by Gasteiger charge is 2.21. The van der Waals surface area contributed by atoms with Crippen LogP contribution in [-0.2, 0) is 10.0 Å². The number of piperidine rings is 1. The molecule has 1 aliphatic carbocycles. The molecular weight excluding hydrogens is 320 g/mol. The lowest BCUT2D eigenvalue weighted by Crippen LogP contribution is -2.35. The molecule has 2 aliphatic rings. The van der Waals surface area contributed by atoms with Gasteiger partial charge in [-0.25, -0.2) is 13.1 Å². The van der Waals surface area contributed by atoms with Gasteiger partial charge in [-0.15, -0.1) is 0 Å². The van der Waals surface area contributed by atoms with Crippen LogP contribution in [0.3, 0.4) is 0 Å². The zero-order valence-electron chi connectivity index (χ0n) is 14.5. The fourth-order valence-electron chi connectivity index (χ4n) is 3.94. The van der Waals surface area contributed by atoms with Gasteiger partial charge >= 0.3 is 0 Å². The van der Waals surface area contributed by atoms with Crippen LogP contribution < -0.4 is 10.0 Å². The predicted molar refractivity (Wildman–Crippen MR) is 97.7 cm³/mol. The molecule has 24 heavy (non-hydrogen) atoms. The molecule has 1 aromatic carbocycles. The first-order chi connectivity index (χ1) is 11.6. The van der Waals surface area contributed by atoms with Crippen LogP contribution in [0.15, 0.2) is 29.2 Å². The zero-order chi connectivity index (χ0) is 16.8. The number of sulfonamides is 1. The van der Waals surface area contributed by atoms with Crippen molar-refractivity contribution in [3.8, 4) is 0 Å². The molecule has 2 fully saturated rings. The quantitative estimate of drug-likeness (QED) is 0.873. The number of hydrogen-bond donors (Lipinski definition) is 2. The van der Waals surface area contributed by atoms with E-state index < -0.39 is 10.0 Å². The standard InChI is InChI=1S/C19H30N2O2S/c22-24(23,21-18-6-4-2-1-3-5-7-18)19-10-8-16(9-11-19)17-12-14-20-15-13-17/h8-11,17-18,20-21H,1-7,12-15H2. The molecule has 0 bridgehead atoms. The van der Waals surface area contributed by atoms with Crippen molar-refractivity contribution in [3.05, 3.63) is 29.8 Å². The summed E-state index contributed by atoms with van der Waals surface area (Å²) < 4.78 is 28.3. The van der Waals surface area contributed by atoms with Gasteiger partial charge in [0.05, 0.1) is 4.90 Å². The summed E-state index contributed by atoms with van der Waals surface area (Å²) in [4.78, 5) is 0.405. The van der Waals surface area contributed by atoms with E-state index in [1.54, 1.807) is 12.1 Å². The molecule has 134 valence electrons. The maximum absolute atomic E-state index is 12.7. The predicted octanol–water partition coefficient (Wildman–Crippen LogP) is 3.54. The van der Waals surface area contributed by atoms with Crippen LogP contribution in [0.1, 0.15) is 69.3 Å². The normalized spacial score (nSPS) is 22.0. The summed E-state index contributed by atoms with van der Waals surface area (Å²) in [5, 5.41) is 3.37. The minimum atomic E-state index is -3.40. The molecule has 0 radical (unpaired) electrons. The molecule has 5 heteroatoms. The van der Waals surface area contributed by atoms with Gasteiger partial charge < -0.3 is 5.32 Å². The monoisotopic (exact) mass is 350 g/mol. The molecule has 0 amide bonds. The van der Waals surface area contributed by atoms with Crippen LogP contribution in [0.25, 0.3) is 0 Å². The van der Waals surface area contributed by atoms with Gasteiger partial charge in [0, 0.05) is 6.04 Å². The van der Waals surface area contributed by atoms with Gasteiger partial charge in [0.25, 0.3) is 0 Å². The number of nitrogens with one attached hydrogen (secondary N) is 2. The summed E-state index contributed by atoms with van der Waals surface area (Å²) in [5.74, 6) is 0.557. The van der Waals surface area contributed by atoms with E-state index in [-0.39, 0.29) is 6.04 Å². The molecule has 1 saturated carbocycles. The third kappa shape index (κ3) is 4.80. The Labute approximate surface area is 146 Å². The Hall–Kier alpha value is -0.910. The highest BCUT2D eigenvalue weighted by Crippen LogP contribution is 2.26. The van der Waals surface area contributed by atoms with Crippen LogP contribution in [0.2, 0.25) is 0 Å². The van der Waals surface area contributed by atoms with Gasteiger partial charge in [-0.1, -0.05) is 44.2 Å². The van der Waals surface area contributed by atoms with Gasteiger partial charge in [-0.05, 0) is 62.4 Å². The SMILES string of the molecule is O=S(=O)(NC1CCCCCCC1)c1ccc(C2CCNCC2)cc1. The largest absolute Gasteiger partial charge is 0.317 e. The topological polar surface area (TPSA) is 58.2 Å². The molecule has 0 aromatic heterocycles. The van der Waals surface area contributed by atoms with E-state index in [4.69, 9.17) is 0 Å². The molecule has 0 spiro atoms. The third-order valence-corrected chi connectivity index (χ3v) is 6.96. The van der Waals surface area contributed by atoms with E-state index in [0.717, 1.165) is 51.6 Å². The van der Waals surface area contributed by atoms with Crippen molar-refractivity contribution in [2.45, 2.75) is 74.6 Å². The molecule has 1 aliphatic heterocycles. The van der Waals surface area contributed by atoms with Gasteiger partial charge in [0.1, 0.15) is 0 Å². The Kier molecular flexibility index (Phi) is 6.31. The van der Waals surface area contributed by atoms with Crippen molar-refractivity contribution in [1.82, 2.24) is 10.0 Å². The summed E-state index contributed by atoms with van der Waals surface area (Å²) in [7, 11) is -3.40. The first kappa shape index (κ1) is 17.9. The number of rotatable bonds is 4. The lowest BCUT2D eigenvalue weighted by atomic mass is 9.90. The zero-order valence-corrected chi connectivity index (χ0v) is 15.3. The van der Waals surface area contributed by atoms with E-state index in [1.165, 1.54) is 24.8 Å². The van der Waals surface area contributed by atoms with Crippen LogP contribution in [0.4, 0.5) is 0 Å². The van der Waals surface area contributed by atoms with Crippen LogP contribution in [0.5, 0.6) is 0 Å². The van der Waals surface area contributed by atoms with E-state index in [9.17, 15) is 8.42 Å². The third-order valence-electron chi connectivity index (χ3n) is 5.43. The van der Waals surface area contributed by atoms with E-state index >= 15 is 0 Å². The van der Waals surface area contributed by atoms with Crippen LogP contribution in [0, 0.1) is 0 Å². The smallest absolute Gasteiger partial charge is 0.240 e. The van der Waals surface area contributed by atoms with Crippen molar-refractivity contribution in [3.63, 3.8) is 0 Å². The summed E-state index contributed by atoms with van der Waals surface area (Å²) in [6.07, 6.45) is 10.2. The molecule has 1 heterocycles. The molecule has 1 aromatic rings. The Bertz CT molecular complexity index is 599. The lowest BCUT2D eigenvalue weighted by molar-refractivity contribution is 0.426. The van der Waals surface area contributed by atoms with Crippen molar-refractivity contribution in [2.24, 2.45) is 0 Å². The summed E-state index contributed by atoms with van der Waals surface area (Å²) in [6, 6.07) is 7.66. The van der Waals surface area contributed by atoms with Crippen molar-refractivity contribution in [1.29, 1.82) is 0 Å². The highest BCUT2D eigenvalue weighted by atomic mass is 32.2. The minimum Gasteiger partial charge on any atom is -0.317 e. The minimum absolute atomic E-state index is 0.0967. The lowest BCUT2D eigenvalue weighted by Gasteiger charge is -2.23. The van der Waals surface area contributed by atoms with E-state index in [0.29, 0.717) is 10.8 Å². The second-order valence-corrected chi connectivity index (χ2v) is 8.97. The maximum atomic E-state index is 12.7. The molecule has 0 unspecified atom stereocenters. The first-order valence-corrected chi connectivity index (χ1v) is 11.0. The fraction of sp³-hybridized carbons (Fsp3) is 0.684. The molecular formula is C19H30N2O2S. The summed E-state index contributed by atoms with van der Waals surface area (Å²) in [5.41, 5.74) is 1.27. The van der Waals surface area contributed by atoms with Crippen LogP contribution >= 0.6 is 0 Å². The first-order valence-electron chi connectivity index (χ1n) is 9.48. The Morgan fingerprint density at radius 2 is 1.42 bits per heavy atom. The second kappa shape index (κ2) is 8.45. The van der Waals surface area contributed by atoms with Gasteiger partial charge in [0.2, 0.25) is 10.0 Å². The molecule has 4 nitrogen and oxygen atoms in total. The number of benzene rings is 1. The Balaban J connectivity index is 1.65. The Morgan fingerprint density at radius 1 is 0.833 bits per heavy atom. The molecule has 2 N–H and O–H groups in total.